The van der Waals surface area contributed by atoms with E-state index in [1.165, 1.54) is 0 Å². The monoisotopic (exact) mass is 378 g/mol. The van der Waals surface area contributed by atoms with Crippen molar-refractivity contribution in [3.63, 3.8) is 0 Å². The van der Waals surface area contributed by atoms with Crippen molar-refractivity contribution in [1.29, 1.82) is 0 Å². The van der Waals surface area contributed by atoms with Crippen LogP contribution in [0.25, 0.3) is 5.69 Å². The number of methoxy groups -OCH3 is 1. The number of carbonyl (C=O) groups excluding carboxylic acids is 1. The number of tetrazole rings is 1. The minimum Gasteiger partial charge on any atom is -0.497 e. The molecule has 1 aliphatic rings. The molecule has 2 aromatic carbocycles. The first-order valence-electron chi connectivity index (χ1n) is 9.23. The van der Waals surface area contributed by atoms with Crippen molar-refractivity contribution in [2.75, 3.05) is 19.0 Å². The molecule has 1 unspecified atom stereocenters. The maximum atomic E-state index is 12.9. The molecule has 8 nitrogen and oxygen atoms in total. The predicted molar refractivity (Wildman–Crippen MR) is 105 cm³/mol. The fraction of sp³-hybridized carbons (Fsp3) is 0.300. The van der Waals surface area contributed by atoms with E-state index in [1.807, 2.05) is 60.4 Å². The highest BCUT2D eigenvalue weighted by atomic mass is 16.5. The first-order chi connectivity index (χ1) is 13.7. The third-order valence-corrected chi connectivity index (χ3v) is 4.98. The third-order valence-electron chi connectivity index (χ3n) is 4.98. The molecule has 0 aliphatic carbocycles. The van der Waals surface area contributed by atoms with Crippen molar-refractivity contribution >= 4 is 11.7 Å². The van der Waals surface area contributed by atoms with Gasteiger partial charge in [-0.25, -0.2) is 4.79 Å². The van der Waals surface area contributed by atoms with Crippen LogP contribution >= 0.6 is 0 Å². The summed E-state index contributed by atoms with van der Waals surface area (Å²) in [6.07, 6.45) is 1.92. The number of anilines is 1. The minimum absolute atomic E-state index is 0.0539. The molecule has 28 heavy (non-hydrogen) atoms. The number of urea groups is 1. The lowest BCUT2D eigenvalue weighted by Crippen LogP contribution is -2.34. The number of aryl methyl sites for hydroxylation is 1. The molecule has 2 amide bonds. The molecule has 0 radical (unpaired) electrons. The van der Waals surface area contributed by atoms with Crippen LogP contribution in [-0.2, 0) is 0 Å². The molecule has 0 spiro atoms. The van der Waals surface area contributed by atoms with E-state index in [0.29, 0.717) is 5.82 Å². The molecule has 1 atom stereocenters. The van der Waals surface area contributed by atoms with Crippen molar-refractivity contribution in [3.8, 4) is 11.4 Å². The Morgan fingerprint density at radius 2 is 2.04 bits per heavy atom. The first kappa shape index (κ1) is 18.0. The molecule has 4 rings (SSSR count). The van der Waals surface area contributed by atoms with Gasteiger partial charge in [-0.2, -0.15) is 4.68 Å². The maximum absolute atomic E-state index is 12.9. The first-order valence-corrected chi connectivity index (χ1v) is 9.23. The van der Waals surface area contributed by atoms with E-state index >= 15 is 0 Å². The van der Waals surface area contributed by atoms with Crippen molar-refractivity contribution in [1.82, 2.24) is 25.1 Å². The topological polar surface area (TPSA) is 85.2 Å². The Labute approximate surface area is 163 Å². The SMILES string of the molecule is COc1cccc(C2CCCN2C(=O)Nc2ccc(-n3nnnc3C)cc2)c1. The summed E-state index contributed by atoms with van der Waals surface area (Å²) in [5.74, 6) is 1.51. The summed E-state index contributed by atoms with van der Waals surface area (Å²) in [5, 5.41) is 14.5. The van der Waals surface area contributed by atoms with Crippen molar-refractivity contribution in [2.45, 2.75) is 25.8 Å². The van der Waals surface area contributed by atoms with Crippen LogP contribution < -0.4 is 10.1 Å². The van der Waals surface area contributed by atoms with Crippen LogP contribution in [0.3, 0.4) is 0 Å². The van der Waals surface area contributed by atoms with Gasteiger partial charge in [-0.05, 0) is 72.2 Å². The number of amides is 2. The molecule has 1 aliphatic heterocycles. The fourth-order valence-corrected chi connectivity index (χ4v) is 3.56. The number of likely N-dealkylation sites (tertiary alicyclic amines) is 1. The van der Waals surface area contributed by atoms with E-state index in [9.17, 15) is 4.79 Å². The highest BCUT2D eigenvalue weighted by Crippen LogP contribution is 2.33. The molecule has 1 fully saturated rings. The van der Waals surface area contributed by atoms with Crippen LogP contribution in [0.15, 0.2) is 48.5 Å². The third kappa shape index (κ3) is 3.53. The molecular formula is C20H22N6O2. The lowest BCUT2D eigenvalue weighted by atomic mass is 10.0. The summed E-state index contributed by atoms with van der Waals surface area (Å²) in [6.45, 7) is 2.57. The van der Waals surface area contributed by atoms with Gasteiger partial charge in [-0.15, -0.1) is 5.10 Å². The zero-order valence-electron chi connectivity index (χ0n) is 15.9. The Hall–Kier alpha value is -3.42. The Kier molecular flexibility index (Phi) is 4.92. The molecule has 8 heteroatoms. The number of hydrogen-bond donors (Lipinski definition) is 1. The molecule has 0 saturated carbocycles. The largest absolute Gasteiger partial charge is 0.497 e. The molecule has 144 valence electrons. The zero-order chi connectivity index (χ0) is 19.5. The average molecular weight is 378 g/mol. The number of rotatable bonds is 4. The van der Waals surface area contributed by atoms with Gasteiger partial charge in [0.25, 0.3) is 0 Å². The number of ether oxygens (including phenoxy) is 1. The van der Waals surface area contributed by atoms with E-state index in [2.05, 4.69) is 20.8 Å². The van der Waals surface area contributed by atoms with E-state index in [0.717, 1.165) is 42.1 Å². The van der Waals surface area contributed by atoms with Gasteiger partial charge in [0.05, 0.1) is 18.8 Å². The fourth-order valence-electron chi connectivity index (χ4n) is 3.56. The average Bonchev–Trinajstić information content (AvgIpc) is 3.38. The lowest BCUT2D eigenvalue weighted by Gasteiger charge is -2.25. The number of carbonyl (C=O) groups is 1. The van der Waals surface area contributed by atoms with Gasteiger partial charge in [0.1, 0.15) is 5.75 Å². The van der Waals surface area contributed by atoms with Crippen molar-refractivity contribution in [3.05, 3.63) is 59.9 Å². The van der Waals surface area contributed by atoms with E-state index in [-0.39, 0.29) is 12.1 Å². The summed E-state index contributed by atoms with van der Waals surface area (Å²) in [7, 11) is 1.65. The Morgan fingerprint density at radius 3 is 2.75 bits per heavy atom. The Bertz CT molecular complexity index is 969. The summed E-state index contributed by atoms with van der Waals surface area (Å²) >= 11 is 0. The minimum atomic E-state index is -0.100. The van der Waals surface area contributed by atoms with Gasteiger partial charge >= 0.3 is 6.03 Å². The number of nitrogens with zero attached hydrogens (tertiary/aromatic N) is 5. The van der Waals surface area contributed by atoms with Crippen LogP contribution in [0, 0.1) is 6.92 Å². The van der Waals surface area contributed by atoms with Crippen LogP contribution in [0.2, 0.25) is 0 Å². The molecule has 2 heterocycles. The molecule has 3 aromatic rings. The van der Waals surface area contributed by atoms with Gasteiger partial charge in [0.15, 0.2) is 5.82 Å². The summed E-state index contributed by atoms with van der Waals surface area (Å²) in [4.78, 5) is 14.7. The lowest BCUT2D eigenvalue weighted by molar-refractivity contribution is 0.207. The molecular weight excluding hydrogens is 356 g/mol. The Morgan fingerprint density at radius 1 is 1.21 bits per heavy atom. The van der Waals surface area contributed by atoms with Gasteiger partial charge in [-0.1, -0.05) is 12.1 Å². The van der Waals surface area contributed by atoms with Gasteiger partial charge in [0, 0.05) is 12.2 Å². The summed E-state index contributed by atoms with van der Waals surface area (Å²) in [5.41, 5.74) is 2.67. The summed E-state index contributed by atoms with van der Waals surface area (Å²) < 4.78 is 6.96. The van der Waals surface area contributed by atoms with Crippen LogP contribution in [0.4, 0.5) is 10.5 Å². The number of aromatic nitrogens is 4. The number of benzene rings is 2. The highest BCUT2D eigenvalue weighted by molar-refractivity contribution is 5.90. The highest BCUT2D eigenvalue weighted by Gasteiger charge is 2.30. The van der Waals surface area contributed by atoms with Crippen LogP contribution in [0.1, 0.15) is 30.3 Å². The summed E-state index contributed by atoms with van der Waals surface area (Å²) in [6, 6.07) is 15.3. The van der Waals surface area contributed by atoms with E-state index < -0.39 is 0 Å². The van der Waals surface area contributed by atoms with Crippen LogP contribution in [0.5, 0.6) is 5.75 Å². The predicted octanol–water partition coefficient (Wildman–Crippen LogP) is 3.35. The Balaban J connectivity index is 1.47. The molecule has 1 aromatic heterocycles. The van der Waals surface area contributed by atoms with Gasteiger partial charge < -0.3 is 15.0 Å². The second kappa shape index (κ2) is 7.67. The normalized spacial score (nSPS) is 16.2. The zero-order valence-corrected chi connectivity index (χ0v) is 15.9. The van der Waals surface area contributed by atoms with E-state index in [1.54, 1.807) is 11.8 Å². The smallest absolute Gasteiger partial charge is 0.322 e. The molecule has 1 N–H and O–H groups in total. The standard InChI is InChI=1S/C20H22N6O2/c1-14-22-23-24-26(14)17-10-8-16(9-11-17)21-20(27)25-12-4-7-19(25)15-5-3-6-18(13-15)28-2/h3,5-6,8-11,13,19H,4,7,12H2,1-2H3,(H,21,27). The quantitative estimate of drug-likeness (QED) is 0.752. The van der Waals surface area contributed by atoms with Gasteiger partial charge in [-0.3, -0.25) is 0 Å². The molecule has 1 saturated heterocycles. The number of nitrogens with one attached hydrogen (secondary N) is 1. The molecule has 0 bridgehead atoms. The second-order valence-electron chi connectivity index (χ2n) is 6.74. The van der Waals surface area contributed by atoms with Crippen molar-refractivity contribution in [2.24, 2.45) is 0 Å². The van der Waals surface area contributed by atoms with Crippen LogP contribution in [-0.4, -0.2) is 44.8 Å². The second-order valence-corrected chi connectivity index (χ2v) is 6.74. The maximum Gasteiger partial charge on any atom is 0.322 e. The van der Waals surface area contributed by atoms with Gasteiger partial charge in [0.2, 0.25) is 0 Å². The van der Waals surface area contributed by atoms with E-state index in [4.69, 9.17) is 4.74 Å². The number of hydrogen-bond acceptors (Lipinski definition) is 5. The van der Waals surface area contributed by atoms with Crippen molar-refractivity contribution < 1.29 is 9.53 Å².